The van der Waals surface area contributed by atoms with Crippen molar-refractivity contribution in [3.8, 4) is 5.75 Å². The molecular formula is C18H28ClNO. The molecule has 0 saturated heterocycles. The minimum atomic E-state index is 0.363. The monoisotopic (exact) mass is 309 g/mol. The molecule has 1 saturated carbocycles. The van der Waals surface area contributed by atoms with Gasteiger partial charge in [-0.1, -0.05) is 44.4 Å². The third-order valence-electron chi connectivity index (χ3n) is 4.82. The van der Waals surface area contributed by atoms with Crippen LogP contribution in [-0.2, 0) is 0 Å². The largest absolute Gasteiger partial charge is 0.495 e. The van der Waals surface area contributed by atoms with Gasteiger partial charge in [0.05, 0.1) is 12.1 Å². The zero-order valence-electron chi connectivity index (χ0n) is 13.7. The molecule has 1 N–H and O–H groups in total. The van der Waals surface area contributed by atoms with Crippen molar-refractivity contribution in [2.24, 2.45) is 11.3 Å². The molecule has 0 heterocycles. The van der Waals surface area contributed by atoms with Gasteiger partial charge in [-0.15, -0.1) is 0 Å². The Hall–Kier alpha value is -0.730. The van der Waals surface area contributed by atoms with Gasteiger partial charge in [0.1, 0.15) is 5.75 Å². The fourth-order valence-corrected chi connectivity index (χ4v) is 4.38. The summed E-state index contributed by atoms with van der Waals surface area (Å²) in [6.45, 7) is 4.66. The first-order valence-electron chi connectivity index (χ1n) is 8.03. The number of methoxy groups -OCH3 is 1. The number of ether oxygens (including phenoxy) is 1. The van der Waals surface area contributed by atoms with E-state index in [2.05, 4.69) is 38.3 Å². The van der Waals surface area contributed by atoms with Crippen LogP contribution in [0.4, 0.5) is 0 Å². The van der Waals surface area contributed by atoms with Crippen LogP contribution in [0.1, 0.15) is 57.6 Å². The lowest BCUT2D eigenvalue weighted by molar-refractivity contribution is 0.161. The van der Waals surface area contributed by atoms with E-state index in [1.165, 1.54) is 37.7 Å². The van der Waals surface area contributed by atoms with Crippen LogP contribution in [0.5, 0.6) is 5.75 Å². The number of nitrogens with one attached hydrogen (secondary N) is 1. The van der Waals surface area contributed by atoms with Crippen molar-refractivity contribution in [3.05, 3.63) is 28.8 Å². The van der Waals surface area contributed by atoms with Crippen LogP contribution in [-0.4, -0.2) is 14.2 Å². The molecule has 0 bridgehead atoms. The summed E-state index contributed by atoms with van der Waals surface area (Å²) < 4.78 is 5.40. The van der Waals surface area contributed by atoms with E-state index in [0.717, 1.165) is 5.75 Å². The van der Waals surface area contributed by atoms with E-state index in [1.807, 2.05) is 6.07 Å². The Morgan fingerprint density at radius 3 is 2.48 bits per heavy atom. The second-order valence-electron chi connectivity index (χ2n) is 6.78. The third kappa shape index (κ3) is 3.54. The molecule has 1 aliphatic carbocycles. The van der Waals surface area contributed by atoms with Crippen LogP contribution >= 0.6 is 11.6 Å². The molecule has 1 atom stereocenters. The number of hydrogen-bond acceptors (Lipinski definition) is 2. The number of hydrogen-bond donors (Lipinski definition) is 1. The summed E-state index contributed by atoms with van der Waals surface area (Å²) in [5, 5.41) is 4.26. The van der Waals surface area contributed by atoms with Crippen molar-refractivity contribution in [2.75, 3.05) is 14.2 Å². The second kappa shape index (κ2) is 7.02. The van der Waals surface area contributed by atoms with Crippen molar-refractivity contribution >= 4 is 11.6 Å². The van der Waals surface area contributed by atoms with E-state index in [1.54, 1.807) is 7.11 Å². The summed E-state index contributed by atoms with van der Waals surface area (Å²) in [7, 11) is 3.75. The van der Waals surface area contributed by atoms with Gasteiger partial charge in [-0.2, -0.15) is 0 Å². The van der Waals surface area contributed by atoms with Crippen LogP contribution < -0.4 is 10.1 Å². The molecule has 0 aromatic heterocycles. The Morgan fingerprint density at radius 2 is 1.95 bits per heavy atom. The molecule has 2 nitrogen and oxygen atoms in total. The first-order valence-corrected chi connectivity index (χ1v) is 8.41. The molecule has 21 heavy (non-hydrogen) atoms. The summed E-state index contributed by atoms with van der Waals surface area (Å²) in [6, 6.07) is 6.57. The summed E-state index contributed by atoms with van der Waals surface area (Å²) >= 11 is 6.18. The Bertz CT molecular complexity index is 466. The highest BCUT2D eigenvalue weighted by atomic mass is 35.5. The fourth-order valence-electron chi connectivity index (χ4n) is 4.19. The van der Waals surface area contributed by atoms with Crippen molar-refractivity contribution in [2.45, 2.75) is 52.0 Å². The van der Waals surface area contributed by atoms with Crippen LogP contribution in [0.2, 0.25) is 5.02 Å². The van der Waals surface area contributed by atoms with Crippen molar-refractivity contribution in [1.82, 2.24) is 5.32 Å². The zero-order valence-corrected chi connectivity index (χ0v) is 14.5. The highest BCUT2D eigenvalue weighted by molar-refractivity contribution is 6.32. The Morgan fingerprint density at radius 1 is 1.29 bits per heavy atom. The summed E-state index contributed by atoms with van der Waals surface area (Å²) in [4.78, 5) is 0. The van der Waals surface area contributed by atoms with Crippen molar-refractivity contribution in [3.63, 3.8) is 0 Å². The van der Waals surface area contributed by atoms with Gasteiger partial charge in [-0.05, 0) is 55.3 Å². The Balaban J connectivity index is 2.36. The normalized spacial score (nSPS) is 19.0. The van der Waals surface area contributed by atoms with Gasteiger partial charge in [0.2, 0.25) is 0 Å². The predicted molar refractivity (Wildman–Crippen MR) is 90.2 cm³/mol. The average molecular weight is 310 g/mol. The highest BCUT2D eigenvalue weighted by Gasteiger charge is 2.41. The Labute approximate surface area is 134 Å². The zero-order chi connectivity index (χ0) is 15.5. The molecule has 2 rings (SSSR count). The molecular weight excluding hydrogens is 282 g/mol. The van der Waals surface area contributed by atoms with E-state index < -0.39 is 0 Å². The summed E-state index contributed by atoms with van der Waals surface area (Å²) in [5.41, 5.74) is 1.66. The average Bonchev–Trinajstić information content (AvgIpc) is 2.89. The molecule has 0 amide bonds. The van der Waals surface area contributed by atoms with Crippen LogP contribution in [0, 0.1) is 11.3 Å². The van der Waals surface area contributed by atoms with E-state index in [4.69, 9.17) is 16.3 Å². The second-order valence-corrected chi connectivity index (χ2v) is 7.19. The number of benzene rings is 1. The maximum absolute atomic E-state index is 6.18. The highest BCUT2D eigenvalue weighted by Crippen LogP contribution is 2.52. The molecule has 3 heteroatoms. The molecule has 1 fully saturated rings. The molecule has 1 unspecified atom stereocenters. The molecule has 0 spiro atoms. The molecule has 1 aromatic carbocycles. The predicted octanol–water partition coefficient (Wildman–Crippen LogP) is 5.22. The minimum absolute atomic E-state index is 0.363. The van der Waals surface area contributed by atoms with E-state index in [9.17, 15) is 0 Å². The number of halogens is 1. The van der Waals surface area contributed by atoms with E-state index >= 15 is 0 Å². The van der Waals surface area contributed by atoms with E-state index in [-0.39, 0.29) is 0 Å². The van der Waals surface area contributed by atoms with Gasteiger partial charge >= 0.3 is 0 Å². The van der Waals surface area contributed by atoms with Gasteiger partial charge in [0.15, 0.2) is 0 Å². The molecule has 1 aromatic rings. The topological polar surface area (TPSA) is 21.3 Å². The lowest BCUT2D eigenvalue weighted by atomic mass is 9.70. The summed E-state index contributed by atoms with van der Waals surface area (Å²) in [6.07, 6.45) is 6.57. The van der Waals surface area contributed by atoms with E-state index in [0.29, 0.717) is 22.4 Å². The Kier molecular flexibility index (Phi) is 5.56. The smallest absolute Gasteiger partial charge is 0.137 e. The molecule has 0 aliphatic heterocycles. The molecule has 118 valence electrons. The molecule has 1 aliphatic rings. The first kappa shape index (κ1) is 16.6. The third-order valence-corrected chi connectivity index (χ3v) is 5.14. The van der Waals surface area contributed by atoms with Crippen LogP contribution in [0.15, 0.2) is 18.2 Å². The standard InChI is InChI=1S/C18H28ClNO/c1-13(2)12-18(9-5-6-10-18)17(20-3)14-7-8-15(19)16(11-14)21-4/h7-8,11,13,17,20H,5-6,9-10,12H2,1-4H3. The van der Waals surface area contributed by atoms with Gasteiger partial charge in [-0.3, -0.25) is 0 Å². The van der Waals surface area contributed by atoms with Gasteiger partial charge in [-0.25, -0.2) is 0 Å². The quantitative estimate of drug-likeness (QED) is 0.778. The lowest BCUT2D eigenvalue weighted by Crippen LogP contribution is -2.35. The van der Waals surface area contributed by atoms with Gasteiger partial charge in [0, 0.05) is 6.04 Å². The maximum Gasteiger partial charge on any atom is 0.137 e. The van der Waals surface area contributed by atoms with Gasteiger partial charge in [0.25, 0.3) is 0 Å². The fraction of sp³-hybridized carbons (Fsp3) is 0.667. The number of rotatable bonds is 6. The van der Waals surface area contributed by atoms with Crippen LogP contribution in [0.3, 0.4) is 0 Å². The maximum atomic E-state index is 6.18. The lowest BCUT2D eigenvalue weighted by Gasteiger charge is -2.39. The van der Waals surface area contributed by atoms with Crippen molar-refractivity contribution < 1.29 is 4.74 Å². The van der Waals surface area contributed by atoms with Gasteiger partial charge < -0.3 is 10.1 Å². The molecule has 0 radical (unpaired) electrons. The SMILES string of the molecule is CNC(c1ccc(Cl)c(OC)c1)C1(CC(C)C)CCCC1. The summed E-state index contributed by atoms with van der Waals surface area (Å²) in [5.74, 6) is 1.49. The minimum Gasteiger partial charge on any atom is -0.495 e. The van der Waals surface area contributed by atoms with Crippen LogP contribution in [0.25, 0.3) is 0 Å². The first-order chi connectivity index (χ1) is 10.0. The van der Waals surface area contributed by atoms with Crippen molar-refractivity contribution in [1.29, 1.82) is 0 Å².